The summed E-state index contributed by atoms with van der Waals surface area (Å²) in [6.07, 6.45) is 0.176. The minimum absolute atomic E-state index is 0.112. The average molecular weight is 365 g/mol. The molecular weight excluding hydrogens is 349 g/mol. The Morgan fingerprint density at radius 2 is 2.00 bits per heavy atom. The van der Waals surface area contributed by atoms with Crippen LogP contribution >= 0.6 is 15.9 Å². The highest BCUT2D eigenvalue weighted by Gasteiger charge is 2.43. The summed E-state index contributed by atoms with van der Waals surface area (Å²) < 4.78 is 41.2. The topological polar surface area (TPSA) is 25.2 Å². The van der Waals surface area contributed by atoms with E-state index in [9.17, 15) is 18.0 Å². The van der Waals surface area contributed by atoms with Gasteiger partial charge in [-0.2, -0.15) is 13.2 Å². The SMILES string of the molecule is O=C(c1cc(Br)cn1C1CC1)N1CCCC(C(F)(F)F)C1. The molecule has 1 saturated heterocycles. The van der Waals surface area contributed by atoms with Gasteiger partial charge in [0.05, 0.1) is 5.92 Å². The summed E-state index contributed by atoms with van der Waals surface area (Å²) in [7, 11) is 0. The number of aromatic nitrogens is 1. The smallest absolute Gasteiger partial charge is 0.339 e. The molecule has 1 amide bonds. The summed E-state index contributed by atoms with van der Waals surface area (Å²) >= 11 is 3.34. The predicted octanol–water partition coefficient (Wildman–Crippen LogP) is 4.00. The third-order valence-corrected chi connectivity index (χ3v) is 4.58. The Morgan fingerprint density at radius 3 is 2.62 bits per heavy atom. The predicted molar refractivity (Wildman–Crippen MR) is 75.1 cm³/mol. The summed E-state index contributed by atoms with van der Waals surface area (Å²) in [6.45, 7) is 0.175. The van der Waals surface area contributed by atoms with E-state index in [1.165, 1.54) is 4.90 Å². The molecule has 1 aromatic heterocycles. The minimum Gasteiger partial charge on any atom is -0.339 e. The minimum atomic E-state index is -4.22. The Labute approximate surface area is 129 Å². The van der Waals surface area contributed by atoms with E-state index in [-0.39, 0.29) is 18.9 Å². The Balaban J connectivity index is 1.78. The number of carbonyl (C=O) groups is 1. The van der Waals surface area contributed by atoms with Crippen LogP contribution in [0.4, 0.5) is 13.2 Å². The van der Waals surface area contributed by atoms with Gasteiger partial charge in [-0.25, -0.2) is 0 Å². The van der Waals surface area contributed by atoms with E-state index in [2.05, 4.69) is 15.9 Å². The zero-order valence-corrected chi connectivity index (χ0v) is 13.0. The number of rotatable bonds is 2. The summed E-state index contributed by atoms with van der Waals surface area (Å²) in [5.74, 6) is -1.69. The highest BCUT2D eigenvalue weighted by atomic mass is 79.9. The van der Waals surface area contributed by atoms with E-state index in [4.69, 9.17) is 0 Å². The number of piperidine rings is 1. The van der Waals surface area contributed by atoms with Gasteiger partial charge >= 0.3 is 6.18 Å². The number of hydrogen-bond donors (Lipinski definition) is 0. The highest BCUT2D eigenvalue weighted by Crippen LogP contribution is 2.38. The van der Waals surface area contributed by atoms with E-state index in [0.29, 0.717) is 24.7 Å². The maximum atomic E-state index is 12.9. The molecule has 116 valence electrons. The summed E-state index contributed by atoms with van der Waals surface area (Å²) in [4.78, 5) is 13.9. The van der Waals surface area contributed by atoms with Gasteiger partial charge in [0.15, 0.2) is 0 Å². The van der Waals surface area contributed by atoms with Crippen molar-refractivity contribution >= 4 is 21.8 Å². The van der Waals surface area contributed by atoms with Crippen LogP contribution in [0.25, 0.3) is 0 Å². The maximum Gasteiger partial charge on any atom is 0.393 e. The van der Waals surface area contributed by atoms with Crippen LogP contribution in [0, 0.1) is 5.92 Å². The van der Waals surface area contributed by atoms with E-state index in [1.54, 1.807) is 6.07 Å². The zero-order valence-electron chi connectivity index (χ0n) is 11.4. The monoisotopic (exact) mass is 364 g/mol. The van der Waals surface area contributed by atoms with Gasteiger partial charge < -0.3 is 9.47 Å². The van der Waals surface area contributed by atoms with Crippen molar-refractivity contribution in [1.29, 1.82) is 0 Å². The molecule has 0 radical (unpaired) electrons. The molecule has 2 heterocycles. The van der Waals surface area contributed by atoms with Crippen molar-refractivity contribution in [1.82, 2.24) is 9.47 Å². The molecule has 1 aliphatic carbocycles. The average Bonchev–Trinajstić information content (AvgIpc) is 3.20. The molecule has 2 fully saturated rings. The Morgan fingerprint density at radius 1 is 1.29 bits per heavy atom. The first-order valence-corrected chi connectivity index (χ1v) is 7.89. The molecule has 0 aromatic carbocycles. The van der Waals surface area contributed by atoms with Crippen LogP contribution in [0.5, 0.6) is 0 Å². The van der Waals surface area contributed by atoms with E-state index in [0.717, 1.165) is 17.3 Å². The molecule has 3 rings (SSSR count). The van der Waals surface area contributed by atoms with E-state index < -0.39 is 12.1 Å². The standard InChI is InChI=1S/C14H16BrF3N2O/c15-10-6-12(20(8-10)11-3-4-11)13(21)19-5-1-2-9(7-19)14(16,17)18/h6,8-9,11H,1-5,7H2. The second-order valence-electron chi connectivity index (χ2n) is 5.81. The van der Waals surface area contributed by atoms with Crippen molar-refractivity contribution in [3.63, 3.8) is 0 Å². The van der Waals surface area contributed by atoms with Crippen LogP contribution in [-0.4, -0.2) is 34.6 Å². The maximum absolute atomic E-state index is 12.9. The number of likely N-dealkylation sites (tertiary alicyclic amines) is 1. The lowest BCUT2D eigenvalue weighted by Gasteiger charge is -2.33. The lowest BCUT2D eigenvalue weighted by Crippen LogP contribution is -2.45. The number of amides is 1. The van der Waals surface area contributed by atoms with Crippen LogP contribution < -0.4 is 0 Å². The fourth-order valence-electron chi connectivity index (χ4n) is 2.86. The van der Waals surface area contributed by atoms with Gasteiger partial charge in [0.1, 0.15) is 5.69 Å². The summed E-state index contributed by atoms with van der Waals surface area (Å²) in [5.41, 5.74) is 0.493. The molecule has 7 heteroatoms. The molecule has 1 aromatic rings. The van der Waals surface area contributed by atoms with Gasteiger partial charge in [0, 0.05) is 29.8 Å². The third kappa shape index (κ3) is 3.12. The third-order valence-electron chi connectivity index (χ3n) is 4.15. The fraction of sp³-hybridized carbons (Fsp3) is 0.643. The summed E-state index contributed by atoms with van der Waals surface area (Å²) in [5, 5.41) is 0. The Bertz CT molecular complexity index is 551. The van der Waals surface area contributed by atoms with Gasteiger partial charge in [0.2, 0.25) is 0 Å². The van der Waals surface area contributed by atoms with Crippen molar-refractivity contribution in [2.45, 2.75) is 37.9 Å². The Kier molecular flexibility index (Phi) is 3.80. The van der Waals surface area contributed by atoms with Crippen molar-refractivity contribution in [3.8, 4) is 0 Å². The van der Waals surface area contributed by atoms with Gasteiger partial charge in [-0.05, 0) is 47.7 Å². The first-order chi connectivity index (χ1) is 9.86. The van der Waals surface area contributed by atoms with Gasteiger partial charge in [-0.15, -0.1) is 0 Å². The molecule has 3 nitrogen and oxygen atoms in total. The van der Waals surface area contributed by atoms with Gasteiger partial charge in [0.25, 0.3) is 5.91 Å². The van der Waals surface area contributed by atoms with Crippen molar-refractivity contribution in [3.05, 3.63) is 22.4 Å². The number of nitrogens with zero attached hydrogens (tertiary/aromatic N) is 2. The second-order valence-corrected chi connectivity index (χ2v) is 6.73. The van der Waals surface area contributed by atoms with Gasteiger partial charge in [-0.3, -0.25) is 4.79 Å². The lowest BCUT2D eigenvalue weighted by atomic mass is 9.97. The quantitative estimate of drug-likeness (QED) is 0.778. The number of carbonyl (C=O) groups excluding carboxylic acids is 1. The molecule has 1 aliphatic heterocycles. The van der Waals surface area contributed by atoms with Crippen LogP contribution in [-0.2, 0) is 0 Å². The lowest BCUT2D eigenvalue weighted by molar-refractivity contribution is -0.184. The molecule has 0 bridgehead atoms. The Hall–Kier alpha value is -0.980. The number of hydrogen-bond acceptors (Lipinski definition) is 1. The number of alkyl halides is 3. The van der Waals surface area contributed by atoms with E-state index in [1.807, 2.05) is 10.8 Å². The molecule has 1 saturated carbocycles. The van der Waals surface area contributed by atoms with Crippen molar-refractivity contribution in [2.75, 3.05) is 13.1 Å². The molecule has 0 N–H and O–H groups in total. The van der Waals surface area contributed by atoms with E-state index >= 15 is 0 Å². The zero-order chi connectivity index (χ0) is 15.2. The first-order valence-electron chi connectivity index (χ1n) is 7.09. The van der Waals surface area contributed by atoms with Crippen LogP contribution in [0.15, 0.2) is 16.7 Å². The second kappa shape index (κ2) is 5.34. The van der Waals surface area contributed by atoms with Crippen LogP contribution in [0.3, 0.4) is 0 Å². The molecule has 1 atom stereocenters. The number of halogens is 4. The molecule has 21 heavy (non-hydrogen) atoms. The fourth-order valence-corrected chi connectivity index (χ4v) is 3.30. The largest absolute Gasteiger partial charge is 0.393 e. The van der Waals surface area contributed by atoms with Gasteiger partial charge in [-0.1, -0.05) is 0 Å². The normalized spacial score (nSPS) is 23.4. The van der Waals surface area contributed by atoms with Crippen molar-refractivity contribution in [2.24, 2.45) is 5.92 Å². The molecule has 1 unspecified atom stereocenters. The van der Waals surface area contributed by atoms with Crippen molar-refractivity contribution < 1.29 is 18.0 Å². The summed E-state index contributed by atoms with van der Waals surface area (Å²) in [6, 6.07) is 2.02. The molecule has 2 aliphatic rings. The van der Waals surface area contributed by atoms with Crippen LogP contribution in [0.2, 0.25) is 0 Å². The molecular formula is C14H16BrF3N2O. The highest BCUT2D eigenvalue weighted by molar-refractivity contribution is 9.10. The molecule has 0 spiro atoms. The first kappa shape index (κ1) is 14.9. The van der Waals surface area contributed by atoms with Crippen LogP contribution in [0.1, 0.15) is 42.2 Å².